The zero-order valence-electron chi connectivity index (χ0n) is 16.6. The summed E-state index contributed by atoms with van der Waals surface area (Å²) < 4.78 is 1.85. The summed E-state index contributed by atoms with van der Waals surface area (Å²) in [5.74, 6) is 0.405. The molecule has 1 amide bonds. The van der Waals surface area contributed by atoms with Gasteiger partial charge in [-0.3, -0.25) is 9.48 Å². The molecule has 5 nitrogen and oxygen atoms in total. The molecule has 0 saturated heterocycles. The number of aryl methyl sites for hydroxylation is 1. The second-order valence-electron chi connectivity index (χ2n) is 7.51. The fourth-order valence-corrected chi connectivity index (χ4v) is 4.31. The molecule has 1 aliphatic rings. The molecule has 7 heteroatoms. The highest BCUT2D eigenvalue weighted by Gasteiger charge is 2.27. The number of aromatic nitrogens is 2. The number of carbonyl (C=O) groups is 1. The first kappa shape index (κ1) is 22.7. The third-order valence-electron chi connectivity index (χ3n) is 5.68. The lowest BCUT2D eigenvalue weighted by atomic mass is 9.84. The highest BCUT2D eigenvalue weighted by atomic mass is 35.5. The Morgan fingerprint density at radius 2 is 1.96 bits per heavy atom. The maximum absolute atomic E-state index is 13.0. The monoisotopic (exact) mass is 424 g/mol. The van der Waals surface area contributed by atoms with Gasteiger partial charge >= 0.3 is 0 Å². The smallest absolute Gasteiger partial charge is 0.255 e. The molecule has 0 aliphatic heterocycles. The van der Waals surface area contributed by atoms with Crippen LogP contribution in [0.1, 0.15) is 59.4 Å². The third kappa shape index (κ3) is 5.07. The summed E-state index contributed by atoms with van der Waals surface area (Å²) in [5, 5.41) is 8.46. The fourth-order valence-electron chi connectivity index (χ4n) is 4.11. The predicted octanol–water partition coefficient (Wildman–Crippen LogP) is 4.26. The standard InChI is InChI=1S/C21H29ClN4O.ClH/c1-14-20(21(27)24-19(12-23)16-8-4-3-5-9-16)15(2)26(25-14)13-17-10-6-7-11-18(17)22;/h6-7,10-11,16,19H,3-5,8-9,12-13,23H2,1-2H3,(H,24,27);1H. The van der Waals surface area contributed by atoms with Gasteiger partial charge in [-0.2, -0.15) is 5.10 Å². The van der Waals surface area contributed by atoms with Gasteiger partial charge in [0.25, 0.3) is 5.91 Å². The Balaban J connectivity index is 0.00000280. The molecule has 1 atom stereocenters. The number of amides is 1. The second-order valence-corrected chi connectivity index (χ2v) is 7.92. The lowest BCUT2D eigenvalue weighted by Gasteiger charge is -2.30. The van der Waals surface area contributed by atoms with Crippen LogP contribution < -0.4 is 11.1 Å². The molecule has 2 aromatic rings. The molecule has 1 saturated carbocycles. The van der Waals surface area contributed by atoms with Crippen molar-refractivity contribution in [2.45, 2.75) is 58.5 Å². The van der Waals surface area contributed by atoms with Gasteiger partial charge < -0.3 is 11.1 Å². The minimum atomic E-state index is -0.0727. The topological polar surface area (TPSA) is 72.9 Å². The Morgan fingerprint density at radius 3 is 2.61 bits per heavy atom. The molecule has 1 heterocycles. The average molecular weight is 425 g/mol. The van der Waals surface area contributed by atoms with Crippen LogP contribution in [0.2, 0.25) is 5.02 Å². The van der Waals surface area contributed by atoms with Crippen molar-refractivity contribution in [2.24, 2.45) is 11.7 Å². The van der Waals surface area contributed by atoms with Gasteiger partial charge in [0.05, 0.1) is 17.8 Å². The molecular formula is C21H30Cl2N4O. The van der Waals surface area contributed by atoms with Gasteiger partial charge in [0, 0.05) is 23.3 Å². The van der Waals surface area contributed by atoms with Gasteiger partial charge in [0.1, 0.15) is 0 Å². The van der Waals surface area contributed by atoms with Crippen LogP contribution in [0.15, 0.2) is 24.3 Å². The maximum atomic E-state index is 13.0. The summed E-state index contributed by atoms with van der Waals surface area (Å²) in [6, 6.07) is 7.74. The van der Waals surface area contributed by atoms with E-state index < -0.39 is 0 Å². The minimum Gasteiger partial charge on any atom is -0.348 e. The Kier molecular flexibility index (Phi) is 8.35. The molecule has 154 valence electrons. The van der Waals surface area contributed by atoms with E-state index in [1.807, 2.05) is 42.8 Å². The highest BCUT2D eigenvalue weighted by molar-refractivity contribution is 6.31. The Morgan fingerprint density at radius 1 is 1.29 bits per heavy atom. The lowest BCUT2D eigenvalue weighted by Crippen LogP contribution is -2.46. The minimum absolute atomic E-state index is 0. The summed E-state index contributed by atoms with van der Waals surface area (Å²) in [6.07, 6.45) is 6.03. The van der Waals surface area contributed by atoms with Crippen LogP contribution in [0, 0.1) is 19.8 Å². The first-order valence-corrected chi connectivity index (χ1v) is 10.2. The van der Waals surface area contributed by atoms with E-state index in [2.05, 4.69) is 10.4 Å². The number of halogens is 2. The molecule has 3 N–H and O–H groups in total. The van der Waals surface area contributed by atoms with Crippen LogP contribution in [-0.2, 0) is 6.54 Å². The summed E-state index contributed by atoms with van der Waals surface area (Å²) in [4.78, 5) is 13.0. The van der Waals surface area contributed by atoms with E-state index in [1.54, 1.807) is 0 Å². The van der Waals surface area contributed by atoms with E-state index >= 15 is 0 Å². The van der Waals surface area contributed by atoms with Crippen LogP contribution in [0.25, 0.3) is 0 Å². The zero-order valence-corrected chi connectivity index (χ0v) is 18.2. The molecule has 3 rings (SSSR count). The van der Waals surface area contributed by atoms with Gasteiger partial charge in [-0.05, 0) is 44.2 Å². The SMILES string of the molecule is Cc1nn(Cc2ccccc2Cl)c(C)c1C(=O)NC(CN)C1CCCCC1.Cl. The Hall–Kier alpha value is -1.56. The van der Waals surface area contributed by atoms with Crippen molar-refractivity contribution in [1.29, 1.82) is 0 Å². The molecule has 1 aromatic carbocycles. The molecule has 1 unspecified atom stereocenters. The first-order chi connectivity index (χ1) is 13.0. The number of nitrogens with zero attached hydrogens (tertiary/aromatic N) is 2. The van der Waals surface area contributed by atoms with Crippen molar-refractivity contribution >= 4 is 29.9 Å². The zero-order chi connectivity index (χ0) is 19.4. The largest absolute Gasteiger partial charge is 0.348 e. The van der Waals surface area contributed by atoms with Crippen molar-refractivity contribution < 1.29 is 4.79 Å². The number of hydrogen-bond acceptors (Lipinski definition) is 3. The fraction of sp³-hybridized carbons (Fsp3) is 0.524. The summed E-state index contributed by atoms with van der Waals surface area (Å²) in [6.45, 7) is 4.83. The van der Waals surface area contributed by atoms with Crippen LogP contribution in [-0.4, -0.2) is 28.3 Å². The van der Waals surface area contributed by atoms with Crippen molar-refractivity contribution in [1.82, 2.24) is 15.1 Å². The van der Waals surface area contributed by atoms with Crippen LogP contribution in [0.3, 0.4) is 0 Å². The second kappa shape index (κ2) is 10.3. The van der Waals surface area contributed by atoms with Crippen LogP contribution in [0.5, 0.6) is 0 Å². The number of nitrogens with two attached hydrogens (primary N) is 1. The average Bonchev–Trinajstić information content (AvgIpc) is 2.95. The van der Waals surface area contributed by atoms with E-state index in [-0.39, 0.29) is 24.4 Å². The number of carbonyl (C=O) groups excluding carboxylic acids is 1. The van der Waals surface area contributed by atoms with Crippen LogP contribution >= 0.6 is 24.0 Å². The predicted molar refractivity (Wildman–Crippen MR) is 116 cm³/mol. The maximum Gasteiger partial charge on any atom is 0.255 e. The highest BCUT2D eigenvalue weighted by Crippen LogP contribution is 2.27. The van der Waals surface area contributed by atoms with E-state index in [1.165, 1.54) is 19.3 Å². The third-order valence-corrected chi connectivity index (χ3v) is 6.04. The first-order valence-electron chi connectivity index (χ1n) is 9.79. The molecule has 1 aromatic heterocycles. The lowest BCUT2D eigenvalue weighted by molar-refractivity contribution is 0.0914. The van der Waals surface area contributed by atoms with Crippen LogP contribution in [0.4, 0.5) is 0 Å². The van der Waals surface area contributed by atoms with E-state index in [0.717, 1.165) is 29.8 Å². The van der Waals surface area contributed by atoms with Gasteiger partial charge in [-0.1, -0.05) is 49.1 Å². The van der Waals surface area contributed by atoms with Gasteiger partial charge in [0.2, 0.25) is 0 Å². The summed E-state index contributed by atoms with van der Waals surface area (Å²) >= 11 is 6.27. The summed E-state index contributed by atoms with van der Waals surface area (Å²) in [7, 11) is 0. The Bertz CT molecular complexity index is 800. The molecule has 0 bridgehead atoms. The van der Waals surface area contributed by atoms with Gasteiger partial charge in [-0.25, -0.2) is 0 Å². The van der Waals surface area contributed by atoms with Gasteiger partial charge in [-0.15, -0.1) is 12.4 Å². The number of rotatable bonds is 6. The van der Waals surface area contributed by atoms with E-state index in [4.69, 9.17) is 17.3 Å². The van der Waals surface area contributed by atoms with E-state index in [9.17, 15) is 4.79 Å². The number of benzene rings is 1. The summed E-state index contributed by atoms with van der Waals surface area (Å²) in [5.41, 5.74) is 9.20. The molecule has 1 fully saturated rings. The molecule has 1 aliphatic carbocycles. The van der Waals surface area contributed by atoms with Crippen molar-refractivity contribution in [3.05, 3.63) is 51.8 Å². The van der Waals surface area contributed by atoms with Gasteiger partial charge in [0.15, 0.2) is 0 Å². The number of hydrogen-bond donors (Lipinski definition) is 2. The van der Waals surface area contributed by atoms with Crippen molar-refractivity contribution in [2.75, 3.05) is 6.54 Å². The molecule has 0 radical (unpaired) electrons. The van der Waals surface area contributed by atoms with E-state index in [0.29, 0.717) is 29.6 Å². The van der Waals surface area contributed by atoms with Crippen molar-refractivity contribution in [3.63, 3.8) is 0 Å². The quantitative estimate of drug-likeness (QED) is 0.727. The van der Waals surface area contributed by atoms with Crippen molar-refractivity contribution in [3.8, 4) is 0 Å². The molecule has 28 heavy (non-hydrogen) atoms. The normalized spacial score (nSPS) is 15.7. The Labute approximate surface area is 178 Å². The molecular weight excluding hydrogens is 395 g/mol. The molecule has 0 spiro atoms. The number of nitrogens with one attached hydrogen (secondary N) is 1.